The first-order valence-corrected chi connectivity index (χ1v) is 11.0. The summed E-state index contributed by atoms with van der Waals surface area (Å²) in [4.78, 5) is 13.9. The van der Waals surface area contributed by atoms with Gasteiger partial charge in [-0.05, 0) is 56.3 Å². The van der Waals surface area contributed by atoms with Gasteiger partial charge in [-0.2, -0.15) is 4.98 Å². The lowest BCUT2D eigenvalue weighted by atomic mass is 9.52. The van der Waals surface area contributed by atoms with Crippen molar-refractivity contribution in [2.24, 2.45) is 22.7 Å². The van der Waals surface area contributed by atoms with E-state index in [-0.39, 0.29) is 0 Å². The fraction of sp³-hybridized carbons (Fsp3) is 0.636. The molecule has 1 aliphatic heterocycles. The van der Waals surface area contributed by atoms with Crippen molar-refractivity contribution < 1.29 is 9.63 Å². The number of pyridine rings is 1. The van der Waals surface area contributed by atoms with Crippen molar-refractivity contribution in [3.05, 3.63) is 17.8 Å². The van der Waals surface area contributed by atoms with E-state index in [9.17, 15) is 5.11 Å². The Balaban J connectivity index is 1.38. The van der Waals surface area contributed by atoms with Gasteiger partial charge in [-0.25, -0.2) is 0 Å². The number of aryl methyl sites for hydroxylation is 1. The standard InChI is InChI=1S/C22H27N5O2/c1-2-3-17-25-21(27-29-17)15-11-24-16-4-5-23-20(16)19(15)26-18-13-6-12-7-14(18)10-22(28,8-12)9-13/h5,11-14,18,28H,2-4,6-10H2,1H3,(H,24,26)/t12?,13-,14+,18?,22?. The third kappa shape index (κ3) is 2.81. The van der Waals surface area contributed by atoms with Crippen molar-refractivity contribution in [2.45, 2.75) is 69.9 Å². The second kappa shape index (κ2) is 6.36. The molecule has 0 radical (unpaired) electrons. The van der Waals surface area contributed by atoms with Gasteiger partial charge in [0.1, 0.15) is 5.69 Å². The zero-order valence-electron chi connectivity index (χ0n) is 16.8. The van der Waals surface area contributed by atoms with E-state index >= 15 is 0 Å². The maximum atomic E-state index is 10.9. The number of fused-ring (bicyclic) bond motifs is 1. The largest absolute Gasteiger partial charge is 0.390 e. The van der Waals surface area contributed by atoms with Crippen molar-refractivity contribution in [3.63, 3.8) is 0 Å². The van der Waals surface area contributed by atoms with E-state index in [2.05, 4.69) is 32.4 Å². The number of anilines is 1. The minimum atomic E-state index is -0.432. The third-order valence-corrected chi connectivity index (χ3v) is 7.36. The minimum absolute atomic E-state index is 0.356. The Labute approximate surface area is 170 Å². The summed E-state index contributed by atoms with van der Waals surface area (Å²) in [5.74, 6) is 2.94. The van der Waals surface area contributed by atoms with Crippen LogP contribution in [0.2, 0.25) is 0 Å². The van der Waals surface area contributed by atoms with Crippen LogP contribution in [0.1, 0.15) is 57.0 Å². The summed E-state index contributed by atoms with van der Waals surface area (Å²) >= 11 is 0. The van der Waals surface area contributed by atoms with E-state index in [0.29, 0.717) is 35.5 Å². The van der Waals surface area contributed by atoms with Crippen LogP contribution < -0.4 is 5.32 Å². The van der Waals surface area contributed by atoms with E-state index < -0.39 is 5.60 Å². The molecule has 3 unspecified atom stereocenters. The number of hydrogen-bond acceptors (Lipinski definition) is 7. The second-order valence-electron chi connectivity index (χ2n) is 9.48. The van der Waals surface area contributed by atoms with E-state index in [0.717, 1.165) is 61.2 Å². The molecule has 5 atom stereocenters. The fourth-order valence-corrected chi connectivity index (χ4v) is 6.43. The van der Waals surface area contributed by atoms with Gasteiger partial charge >= 0.3 is 0 Å². The number of nitrogens with zero attached hydrogens (tertiary/aromatic N) is 4. The summed E-state index contributed by atoms with van der Waals surface area (Å²) in [7, 11) is 0. The van der Waals surface area contributed by atoms with Crippen molar-refractivity contribution in [3.8, 4) is 11.4 Å². The lowest BCUT2D eigenvalue weighted by molar-refractivity contribution is -0.129. The average Bonchev–Trinajstić information content (AvgIpc) is 3.33. The predicted octanol–water partition coefficient (Wildman–Crippen LogP) is 3.69. The molecule has 2 aromatic rings. The molecule has 29 heavy (non-hydrogen) atoms. The first-order valence-electron chi connectivity index (χ1n) is 11.0. The number of hydrogen-bond donors (Lipinski definition) is 2. The molecule has 4 fully saturated rings. The monoisotopic (exact) mass is 393 g/mol. The predicted molar refractivity (Wildman–Crippen MR) is 109 cm³/mol. The van der Waals surface area contributed by atoms with Crippen molar-refractivity contribution in [1.29, 1.82) is 0 Å². The smallest absolute Gasteiger partial charge is 0.226 e. The molecular weight excluding hydrogens is 366 g/mol. The summed E-state index contributed by atoms with van der Waals surface area (Å²) in [6.07, 6.45) is 11.5. The zero-order valence-corrected chi connectivity index (χ0v) is 16.8. The molecule has 5 aliphatic rings. The van der Waals surface area contributed by atoms with Gasteiger partial charge in [-0.1, -0.05) is 12.1 Å². The van der Waals surface area contributed by atoms with Gasteiger partial charge in [0.25, 0.3) is 0 Å². The number of aromatic nitrogens is 3. The van der Waals surface area contributed by atoms with Crippen LogP contribution >= 0.6 is 0 Å². The lowest BCUT2D eigenvalue weighted by Crippen LogP contribution is -2.59. The molecular formula is C22H27N5O2. The van der Waals surface area contributed by atoms with Gasteiger partial charge in [-0.15, -0.1) is 0 Å². The lowest BCUT2D eigenvalue weighted by Gasteiger charge is -2.58. The van der Waals surface area contributed by atoms with Gasteiger partial charge < -0.3 is 14.9 Å². The van der Waals surface area contributed by atoms with E-state index in [1.165, 1.54) is 12.8 Å². The zero-order chi connectivity index (χ0) is 19.6. The van der Waals surface area contributed by atoms with E-state index in [4.69, 9.17) is 4.52 Å². The van der Waals surface area contributed by atoms with Crippen LogP contribution in [-0.2, 0) is 12.8 Å². The highest BCUT2D eigenvalue weighted by Gasteiger charge is 2.54. The fourth-order valence-electron chi connectivity index (χ4n) is 6.43. The van der Waals surface area contributed by atoms with E-state index in [1.807, 2.05) is 12.4 Å². The highest BCUT2D eigenvalue weighted by Crippen LogP contribution is 2.57. The Morgan fingerprint density at radius 2 is 2.07 bits per heavy atom. The molecule has 2 aromatic heterocycles. The average molecular weight is 393 g/mol. The van der Waals surface area contributed by atoms with Crippen LogP contribution in [0.25, 0.3) is 11.4 Å². The molecule has 7 rings (SSSR count). The first kappa shape index (κ1) is 17.6. The van der Waals surface area contributed by atoms with Crippen LogP contribution in [0.4, 0.5) is 11.4 Å². The van der Waals surface area contributed by atoms with Crippen LogP contribution in [0, 0.1) is 17.8 Å². The summed E-state index contributed by atoms with van der Waals surface area (Å²) in [5.41, 5.74) is 3.32. The van der Waals surface area contributed by atoms with Gasteiger partial charge in [0.15, 0.2) is 0 Å². The highest BCUT2D eigenvalue weighted by molar-refractivity contribution is 5.90. The molecule has 4 saturated carbocycles. The van der Waals surface area contributed by atoms with Gasteiger partial charge in [0.2, 0.25) is 11.7 Å². The quantitative estimate of drug-likeness (QED) is 0.804. The number of aliphatic hydroxyl groups is 1. The molecule has 7 heteroatoms. The summed E-state index contributed by atoms with van der Waals surface area (Å²) in [5, 5.41) is 19.0. The van der Waals surface area contributed by atoms with Gasteiger partial charge in [-0.3, -0.25) is 9.98 Å². The molecule has 0 saturated heterocycles. The normalized spacial score (nSPS) is 34.0. The van der Waals surface area contributed by atoms with Gasteiger partial charge in [0.05, 0.1) is 22.5 Å². The summed E-state index contributed by atoms with van der Waals surface area (Å²) < 4.78 is 5.44. The maximum absolute atomic E-state index is 10.9. The Morgan fingerprint density at radius 1 is 1.24 bits per heavy atom. The molecule has 2 N–H and O–H groups in total. The molecule has 4 bridgehead atoms. The Morgan fingerprint density at radius 3 is 2.83 bits per heavy atom. The third-order valence-electron chi connectivity index (χ3n) is 7.36. The summed E-state index contributed by atoms with van der Waals surface area (Å²) in [6.45, 7) is 2.10. The number of rotatable bonds is 5. The number of aliphatic imine (C=N–C) groups is 1. The Kier molecular flexibility index (Phi) is 3.85. The Bertz CT molecular complexity index is 968. The van der Waals surface area contributed by atoms with Crippen molar-refractivity contribution in [2.75, 3.05) is 5.32 Å². The van der Waals surface area contributed by atoms with Crippen LogP contribution in [0.3, 0.4) is 0 Å². The molecule has 7 nitrogen and oxygen atoms in total. The van der Waals surface area contributed by atoms with Crippen LogP contribution in [0.15, 0.2) is 15.7 Å². The molecule has 4 aliphatic carbocycles. The van der Waals surface area contributed by atoms with Crippen molar-refractivity contribution in [1.82, 2.24) is 15.1 Å². The second-order valence-corrected chi connectivity index (χ2v) is 9.48. The van der Waals surface area contributed by atoms with Crippen LogP contribution in [0.5, 0.6) is 0 Å². The first-order chi connectivity index (χ1) is 14.1. The molecule has 3 heterocycles. The van der Waals surface area contributed by atoms with Crippen LogP contribution in [-0.4, -0.2) is 38.1 Å². The SMILES string of the molecule is CCCc1nc(-c2cnc3c(c2NC2[C@@H]4CC5C[C@H]2CC(O)(C5)C4)N=CC3)no1. The maximum Gasteiger partial charge on any atom is 0.226 e. The highest BCUT2D eigenvalue weighted by atomic mass is 16.5. The van der Waals surface area contributed by atoms with Crippen molar-refractivity contribution >= 4 is 17.6 Å². The molecule has 0 amide bonds. The molecule has 0 spiro atoms. The summed E-state index contributed by atoms with van der Waals surface area (Å²) in [6, 6.07) is 0.356. The Hall–Kier alpha value is -2.28. The number of nitrogens with one attached hydrogen (secondary N) is 1. The molecule has 152 valence electrons. The van der Waals surface area contributed by atoms with Gasteiger partial charge in [0, 0.05) is 31.3 Å². The molecule has 0 aromatic carbocycles. The van der Waals surface area contributed by atoms with E-state index in [1.54, 1.807) is 0 Å². The topological polar surface area (TPSA) is 96.4 Å². The minimum Gasteiger partial charge on any atom is -0.390 e.